The van der Waals surface area contributed by atoms with Gasteiger partial charge in [0.25, 0.3) is 5.91 Å². The molecule has 0 spiro atoms. The van der Waals surface area contributed by atoms with Crippen molar-refractivity contribution in [2.75, 3.05) is 20.3 Å². The first-order valence-electron chi connectivity index (χ1n) is 13.2. The van der Waals surface area contributed by atoms with Crippen LogP contribution in [0.25, 0.3) is 10.9 Å². The van der Waals surface area contributed by atoms with Crippen molar-refractivity contribution in [1.29, 1.82) is 0 Å². The molecule has 4 aromatic rings. The van der Waals surface area contributed by atoms with Gasteiger partial charge in [-0.05, 0) is 56.0 Å². The number of methoxy groups -OCH3 is 1. The normalized spacial score (nSPS) is 15.4. The monoisotopic (exact) mass is 544 g/mol. The number of ether oxygens (including phenoxy) is 2. The lowest BCUT2D eigenvalue weighted by atomic mass is 10.1. The van der Waals surface area contributed by atoms with Gasteiger partial charge in [-0.15, -0.1) is 11.3 Å². The van der Waals surface area contributed by atoms with E-state index in [1.165, 1.54) is 4.88 Å². The quantitative estimate of drug-likeness (QED) is 0.321. The summed E-state index contributed by atoms with van der Waals surface area (Å²) in [7, 11) is 1.60. The van der Waals surface area contributed by atoms with Crippen molar-refractivity contribution in [1.82, 2.24) is 20.2 Å². The second kappa shape index (κ2) is 12.3. The minimum Gasteiger partial charge on any atom is -0.493 e. The molecule has 2 aromatic carbocycles. The number of nitrogens with one attached hydrogen (secondary N) is 1. The summed E-state index contributed by atoms with van der Waals surface area (Å²) in [4.78, 5) is 38.7. The summed E-state index contributed by atoms with van der Waals surface area (Å²) in [5.74, 6) is 0.800. The lowest BCUT2D eigenvalue weighted by Crippen LogP contribution is -2.48. The number of amides is 2. The Labute approximate surface area is 232 Å². The number of carbonyl (C=O) groups excluding carboxylic acids is 2. The number of para-hydroxylation sites is 1. The largest absolute Gasteiger partial charge is 0.493 e. The van der Waals surface area contributed by atoms with E-state index in [9.17, 15) is 9.59 Å². The molecule has 2 amide bonds. The first-order valence-corrected chi connectivity index (χ1v) is 14.0. The number of carbonyl (C=O) groups is 2. The molecule has 3 heterocycles. The van der Waals surface area contributed by atoms with Crippen molar-refractivity contribution >= 4 is 34.1 Å². The molecule has 39 heavy (non-hydrogen) atoms. The Morgan fingerprint density at radius 1 is 1.13 bits per heavy atom. The van der Waals surface area contributed by atoms with Gasteiger partial charge in [-0.3, -0.25) is 9.59 Å². The Morgan fingerprint density at radius 2 is 2.00 bits per heavy atom. The van der Waals surface area contributed by atoms with E-state index < -0.39 is 6.04 Å². The average Bonchev–Trinajstić information content (AvgIpc) is 3.25. The molecule has 2 aromatic heterocycles. The highest BCUT2D eigenvalue weighted by Crippen LogP contribution is 2.30. The van der Waals surface area contributed by atoms with E-state index in [0.717, 1.165) is 41.4 Å². The minimum atomic E-state index is -0.585. The Kier molecular flexibility index (Phi) is 8.36. The summed E-state index contributed by atoms with van der Waals surface area (Å²) in [6.07, 6.45) is 3.10. The molecular weight excluding hydrogens is 512 g/mol. The van der Waals surface area contributed by atoms with E-state index in [4.69, 9.17) is 9.47 Å². The highest BCUT2D eigenvalue weighted by Gasteiger charge is 2.32. The van der Waals surface area contributed by atoms with Gasteiger partial charge < -0.3 is 19.7 Å². The summed E-state index contributed by atoms with van der Waals surface area (Å²) in [6, 6.07) is 16.4. The van der Waals surface area contributed by atoms with Gasteiger partial charge in [-0.1, -0.05) is 30.3 Å². The smallest absolute Gasteiger partial charge is 0.273 e. The van der Waals surface area contributed by atoms with Crippen molar-refractivity contribution in [3.8, 4) is 11.5 Å². The molecule has 1 N–H and O–H groups in total. The molecule has 0 bridgehead atoms. The third kappa shape index (κ3) is 6.20. The molecule has 5 rings (SSSR count). The van der Waals surface area contributed by atoms with Crippen LogP contribution in [0.3, 0.4) is 0 Å². The molecule has 0 aliphatic carbocycles. The second-order valence-corrected chi connectivity index (χ2v) is 10.5. The van der Waals surface area contributed by atoms with Gasteiger partial charge in [0, 0.05) is 29.8 Å². The fraction of sp³-hybridized carbons (Fsp3) is 0.333. The van der Waals surface area contributed by atoms with E-state index >= 15 is 0 Å². The maximum absolute atomic E-state index is 13.9. The lowest BCUT2D eigenvalue weighted by molar-refractivity contribution is -0.125. The SMILES string of the molecule is COc1cc(CN(C(=O)c2ccc3ccccc3n2)[C@H]2CCCCNC2=O)ccc1OCCc1scnc1C. The van der Waals surface area contributed by atoms with Gasteiger partial charge in [-0.2, -0.15) is 0 Å². The number of nitrogens with zero attached hydrogens (tertiary/aromatic N) is 3. The van der Waals surface area contributed by atoms with Gasteiger partial charge in [0.05, 0.1) is 30.4 Å². The molecule has 1 fully saturated rings. The maximum Gasteiger partial charge on any atom is 0.273 e. The van der Waals surface area contributed by atoms with Crippen LogP contribution in [0, 0.1) is 6.92 Å². The molecule has 8 nitrogen and oxygen atoms in total. The molecule has 1 atom stereocenters. The number of aromatic nitrogens is 2. The molecular formula is C30H32N4O4S. The highest BCUT2D eigenvalue weighted by molar-refractivity contribution is 7.09. The van der Waals surface area contributed by atoms with Crippen LogP contribution in [0.4, 0.5) is 0 Å². The Morgan fingerprint density at radius 3 is 2.82 bits per heavy atom. The first kappa shape index (κ1) is 26.6. The summed E-state index contributed by atoms with van der Waals surface area (Å²) in [5, 5.41) is 3.92. The molecule has 202 valence electrons. The van der Waals surface area contributed by atoms with Crippen molar-refractivity contribution < 1.29 is 19.1 Å². The van der Waals surface area contributed by atoms with Crippen molar-refractivity contribution in [3.05, 3.63) is 81.9 Å². The van der Waals surface area contributed by atoms with Crippen molar-refractivity contribution in [2.45, 2.75) is 45.2 Å². The molecule has 1 aliphatic rings. The maximum atomic E-state index is 13.9. The number of benzene rings is 2. The predicted octanol–water partition coefficient (Wildman–Crippen LogP) is 4.94. The zero-order valence-corrected chi connectivity index (χ0v) is 23.0. The van der Waals surface area contributed by atoms with Crippen LogP contribution in [0.5, 0.6) is 11.5 Å². The summed E-state index contributed by atoms with van der Waals surface area (Å²) < 4.78 is 11.7. The van der Waals surface area contributed by atoms with E-state index in [2.05, 4.69) is 15.3 Å². The van der Waals surface area contributed by atoms with Crippen LogP contribution in [-0.2, 0) is 17.8 Å². The number of rotatable bonds is 9. The summed E-state index contributed by atoms with van der Waals surface area (Å²) >= 11 is 1.62. The fourth-order valence-electron chi connectivity index (χ4n) is 4.82. The third-order valence-corrected chi connectivity index (χ3v) is 7.97. The number of thiazole rings is 1. The van der Waals surface area contributed by atoms with E-state index in [1.54, 1.807) is 29.4 Å². The van der Waals surface area contributed by atoms with Gasteiger partial charge in [-0.25, -0.2) is 9.97 Å². The Balaban J connectivity index is 1.39. The van der Waals surface area contributed by atoms with Crippen LogP contribution in [-0.4, -0.2) is 53.0 Å². The number of aryl methyl sites for hydroxylation is 1. The van der Waals surface area contributed by atoms with Crippen LogP contribution < -0.4 is 14.8 Å². The third-order valence-electron chi connectivity index (χ3n) is 6.97. The Bertz CT molecular complexity index is 1470. The van der Waals surface area contributed by atoms with E-state index in [1.807, 2.05) is 61.0 Å². The van der Waals surface area contributed by atoms with E-state index in [-0.39, 0.29) is 18.4 Å². The average molecular weight is 545 g/mol. The van der Waals surface area contributed by atoms with E-state index in [0.29, 0.717) is 36.8 Å². The van der Waals surface area contributed by atoms with Crippen molar-refractivity contribution in [3.63, 3.8) is 0 Å². The molecule has 9 heteroatoms. The molecule has 0 unspecified atom stereocenters. The highest BCUT2D eigenvalue weighted by atomic mass is 32.1. The van der Waals surface area contributed by atoms with Crippen LogP contribution in [0.1, 0.15) is 45.9 Å². The lowest BCUT2D eigenvalue weighted by Gasteiger charge is -2.30. The first-order chi connectivity index (χ1) is 19.0. The summed E-state index contributed by atoms with van der Waals surface area (Å²) in [5.41, 5.74) is 4.76. The number of pyridine rings is 1. The van der Waals surface area contributed by atoms with Gasteiger partial charge in [0.15, 0.2) is 11.5 Å². The molecule has 1 aliphatic heterocycles. The summed E-state index contributed by atoms with van der Waals surface area (Å²) in [6.45, 7) is 3.35. The Hall–Kier alpha value is -3.98. The second-order valence-electron chi connectivity index (χ2n) is 9.57. The topological polar surface area (TPSA) is 93.7 Å². The van der Waals surface area contributed by atoms with Crippen LogP contribution in [0.2, 0.25) is 0 Å². The predicted molar refractivity (Wildman–Crippen MR) is 151 cm³/mol. The molecule has 0 saturated carbocycles. The van der Waals surface area contributed by atoms with Gasteiger partial charge in [0.1, 0.15) is 11.7 Å². The molecule has 0 radical (unpaired) electrons. The number of fused-ring (bicyclic) bond motifs is 1. The zero-order valence-electron chi connectivity index (χ0n) is 22.2. The number of hydrogen-bond acceptors (Lipinski definition) is 7. The zero-order chi connectivity index (χ0) is 27.2. The number of hydrogen-bond donors (Lipinski definition) is 1. The van der Waals surface area contributed by atoms with Crippen LogP contribution >= 0.6 is 11.3 Å². The standard InChI is InChI=1S/C30H32N4O4S/c1-20-28(39-19-32-20)14-16-38-26-13-10-21(17-27(26)37-2)18-34(25-9-5-6-15-31-29(25)35)30(36)24-12-11-22-7-3-4-8-23(22)33-24/h3-4,7-8,10-13,17,19,25H,5-6,9,14-16,18H2,1-2H3,(H,31,35)/t25-/m0/s1. The van der Waals surface area contributed by atoms with Gasteiger partial charge in [0.2, 0.25) is 5.91 Å². The molecule has 1 saturated heterocycles. The van der Waals surface area contributed by atoms with Gasteiger partial charge >= 0.3 is 0 Å². The minimum absolute atomic E-state index is 0.132. The van der Waals surface area contributed by atoms with Crippen molar-refractivity contribution in [2.24, 2.45) is 0 Å². The van der Waals surface area contributed by atoms with Crippen LogP contribution in [0.15, 0.2) is 60.1 Å². The fourth-order valence-corrected chi connectivity index (χ4v) is 5.58.